The van der Waals surface area contributed by atoms with Gasteiger partial charge in [0.1, 0.15) is 6.04 Å². The van der Waals surface area contributed by atoms with Crippen molar-refractivity contribution in [2.75, 3.05) is 19.6 Å². The summed E-state index contributed by atoms with van der Waals surface area (Å²) in [4.78, 5) is 12.7. The van der Waals surface area contributed by atoms with Crippen molar-refractivity contribution in [3.05, 3.63) is 0 Å². The number of aliphatic carboxylic acids is 1. The first-order valence-electron chi connectivity index (χ1n) is 4.84. The Hall–Kier alpha value is -0.610. The van der Waals surface area contributed by atoms with Crippen molar-refractivity contribution in [1.29, 1.82) is 0 Å². The Kier molecular flexibility index (Phi) is 6.54. The van der Waals surface area contributed by atoms with E-state index >= 15 is 0 Å². The smallest absolute Gasteiger partial charge is 0.322 e. The van der Waals surface area contributed by atoms with Gasteiger partial charge in [0.25, 0.3) is 0 Å². The molecule has 0 fully saturated rings. The van der Waals surface area contributed by atoms with Crippen LogP contribution in [0.3, 0.4) is 0 Å². The van der Waals surface area contributed by atoms with Crippen LogP contribution in [0.1, 0.15) is 26.7 Å². The van der Waals surface area contributed by atoms with Crippen LogP contribution < -0.4 is 5.73 Å². The van der Waals surface area contributed by atoms with Crippen LogP contribution in [-0.2, 0) is 4.79 Å². The van der Waals surface area contributed by atoms with E-state index in [-0.39, 0.29) is 6.54 Å². The Morgan fingerprint density at radius 2 is 1.85 bits per heavy atom. The molecule has 0 bridgehead atoms. The van der Waals surface area contributed by atoms with Gasteiger partial charge in [-0.15, -0.1) is 0 Å². The van der Waals surface area contributed by atoms with Gasteiger partial charge >= 0.3 is 5.97 Å². The minimum absolute atomic E-state index is 0.190. The van der Waals surface area contributed by atoms with E-state index in [0.29, 0.717) is 0 Å². The summed E-state index contributed by atoms with van der Waals surface area (Å²) in [5.74, 6) is -0.815. The molecule has 1 unspecified atom stereocenters. The first kappa shape index (κ1) is 12.4. The van der Waals surface area contributed by atoms with Gasteiger partial charge in [-0.25, -0.2) is 0 Å². The van der Waals surface area contributed by atoms with Gasteiger partial charge < -0.3 is 10.8 Å². The molecule has 0 heterocycles. The molecule has 0 radical (unpaired) electrons. The lowest BCUT2D eigenvalue weighted by Crippen LogP contribution is -2.46. The molecule has 3 N–H and O–H groups in total. The van der Waals surface area contributed by atoms with Crippen molar-refractivity contribution in [2.45, 2.75) is 32.7 Å². The molecule has 1 atom stereocenters. The quantitative estimate of drug-likeness (QED) is 0.611. The Morgan fingerprint density at radius 1 is 1.38 bits per heavy atom. The highest BCUT2D eigenvalue weighted by atomic mass is 16.4. The molecule has 0 aliphatic rings. The lowest BCUT2D eigenvalue weighted by atomic mass is 10.2. The average molecular weight is 188 g/mol. The molecule has 78 valence electrons. The summed E-state index contributed by atoms with van der Waals surface area (Å²) in [7, 11) is 0. The maximum atomic E-state index is 10.8. The van der Waals surface area contributed by atoms with Gasteiger partial charge in [0.05, 0.1) is 0 Å². The number of rotatable bonds is 7. The second kappa shape index (κ2) is 6.86. The molecule has 0 aromatic heterocycles. The highest BCUT2D eigenvalue weighted by Crippen LogP contribution is 2.01. The highest BCUT2D eigenvalue weighted by molar-refractivity contribution is 5.73. The lowest BCUT2D eigenvalue weighted by molar-refractivity contribution is -0.142. The Morgan fingerprint density at radius 3 is 2.08 bits per heavy atom. The topological polar surface area (TPSA) is 66.6 Å². The molecule has 4 heteroatoms. The van der Waals surface area contributed by atoms with Crippen LogP contribution in [0.2, 0.25) is 0 Å². The fraction of sp³-hybridized carbons (Fsp3) is 0.889. The summed E-state index contributed by atoms with van der Waals surface area (Å²) in [5, 5.41) is 8.88. The van der Waals surface area contributed by atoms with Gasteiger partial charge in [0.2, 0.25) is 0 Å². The molecule has 0 saturated carbocycles. The SMILES string of the molecule is CCCN(CCC)C(CN)C(=O)O. The molecule has 0 aromatic rings. The summed E-state index contributed by atoms with van der Waals surface area (Å²) in [6, 6.07) is -0.514. The summed E-state index contributed by atoms with van der Waals surface area (Å²) in [6.07, 6.45) is 1.92. The van der Waals surface area contributed by atoms with E-state index in [0.717, 1.165) is 25.9 Å². The maximum Gasteiger partial charge on any atom is 0.322 e. The van der Waals surface area contributed by atoms with Crippen LogP contribution in [0.5, 0.6) is 0 Å². The van der Waals surface area contributed by atoms with Crippen molar-refractivity contribution in [1.82, 2.24) is 4.90 Å². The number of nitrogens with two attached hydrogens (primary N) is 1. The van der Waals surface area contributed by atoms with E-state index in [2.05, 4.69) is 0 Å². The number of carbonyl (C=O) groups is 1. The molecule has 0 rings (SSSR count). The fourth-order valence-electron chi connectivity index (χ4n) is 1.40. The minimum atomic E-state index is -0.815. The number of hydrogen-bond acceptors (Lipinski definition) is 3. The van der Waals surface area contributed by atoms with Crippen molar-refractivity contribution in [2.24, 2.45) is 5.73 Å². The largest absolute Gasteiger partial charge is 0.480 e. The van der Waals surface area contributed by atoms with Crippen LogP contribution in [0.4, 0.5) is 0 Å². The zero-order valence-electron chi connectivity index (χ0n) is 8.49. The highest BCUT2D eigenvalue weighted by Gasteiger charge is 2.22. The third-order valence-electron chi connectivity index (χ3n) is 1.97. The minimum Gasteiger partial charge on any atom is -0.480 e. The van der Waals surface area contributed by atoms with Crippen molar-refractivity contribution in [3.63, 3.8) is 0 Å². The third kappa shape index (κ3) is 4.24. The molecule has 13 heavy (non-hydrogen) atoms. The zero-order chi connectivity index (χ0) is 10.3. The maximum absolute atomic E-state index is 10.8. The lowest BCUT2D eigenvalue weighted by Gasteiger charge is -2.26. The zero-order valence-corrected chi connectivity index (χ0v) is 8.49. The van der Waals surface area contributed by atoms with Crippen LogP contribution >= 0.6 is 0 Å². The second-order valence-electron chi connectivity index (χ2n) is 3.13. The van der Waals surface area contributed by atoms with Crippen LogP contribution in [-0.4, -0.2) is 41.7 Å². The van der Waals surface area contributed by atoms with E-state index in [1.165, 1.54) is 0 Å². The van der Waals surface area contributed by atoms with E-state index in [1.807, 2.05) is 18.7 Å². The monoisotopic (exact) mass is 188 g/mol. The number of carboxylic acids is 1. The summed E-state index contributed by atoms with van der Waals surface area (Å²) in [6.45, 7) is 5.88. The Balaban J connectivity index is 4.20. The standard InChI is InChI=1S/C9H20N2O2/c1-3-5-11(6-4-2)8(7-10)9(12)13/h8H,3-7,10H2,1-2H3,(H,12,13). The molecule has 4 nitrogen and oxygen atoms in total. The molecule has 0 amide bonds. The van der Waals surface area contributed by atoms with Gasteiger partial charge in [0.15, 0.2) is 0 Å². The van der Waals surface area contributed by atoms with Crippen molar-refractivity contribution in [3.8, 4) is 0 Å². The molecule has 0 saturated heterocycles. The third-order valence-corrected chi connectivity index (χ3v) is 1.97. The molecule has 0 aliphatic heterocycles. The summed E-state index contributed by atoms with van der Waals surface area (Å²) >= 11 is 0. The van der Waals surface area contributed by atoms with E-state index in [4.69, 9.17) is 10.8 Å². The summed E-state index contributed by atoms with van der Waals surface area (Å²) < 4.78 is 0. The fourth-order valence-corrected chi connectivity index (χ4v) is 1.40. The van der Waals surface area contributed by atoms with Crippen LogP contribution in [0.15, 0.2) is 0 Å². The van der Waals surface area contributed by atoms with E-state index < -0.39 is 12.0 Å². The van der Waals surface area contributed by atoms with Gasteiger partial charge in [0, 0.05) is 6.54 Å². The predicted molar refractivity (Wildman–Crippen MR) is 52.6 cm³/mol. The normalized spacial score (nSPS) is 13.2. The second-order valence-corrected chi connectivity index (χ2v) is 3.13. The molecule has 0 aliphatic carbocycles. The van der Waals surface area contributed by atoms with E-state index in [9.17, 15) is 4.79 Å². The first-order chi connectivity index (χ1) is 6.17. The number of nitrogens with zero attached hydrogens (tertiary/aromatic N) is 1. The van der Waals surface area contributed by atoms with Crippen LogP contribution in [0.25, 0.3) is 0 Å². The van der Waals surface area contributed by atoms with Gasteiger partial charge in [-0.05, 0) is 25.9 Å². The Labute approximate surface area is 79.7 Å². The molecule has 0 spiro atoms. The van der Waals surface area contributed by atoms with Crippen LogP contribution in [0, 0.1) is 0 Å². The predicted octanol–water partition coefficient (Wildman–Crippen LogP) is 0.520. The van der Waals surface area contributed by atoms with Gasteiger partial charge in [-0.3, -0.25) is 9.69 Å². The first-order valence-corrected chi connectivity index (χ1v) is 4.84. The number of hydrogen-bond donors (Lipinski definition) is 2. The van der Waals surface area contributed by atoms with Crippen molar-refractivity contribution < 1.29 is 9.90 Å². The molecular weight excluding hydrogens is 168 g/mol. The van der Waals surface area contributed by atoms with E-state index in [1.54, 1.807) is 0 Å². The van der Waals surface area contributed by atoms with Gasteiger partial charge in [-0.2, -0.15) is 0 Å². The van der Waals surface area contributed by atoms with Gasteiger partial charge in [-0.1, -0.05) is 13.8 Å². The summed E-state index contributed by atoms with van der Waals surface area (Å²) in [5.41, 5.74) is 5.41. The molecular formula is C9H20N2O2. The van der Waals surface area contributed by atoms with Crippen molar-refractivity contribution >= 4 is 5.97 Å². The Bertz CT molecular complexity index is 145. The average Bonchev–Trinajstić information content (AvgIpc) is 2.05. The molecule has 0 aromatic carbocycles. The number of carboxylic acid groups (broad SMARTS) is 1.